The Morgan fingerprint density at radius 3 is 1.53 bits per heavy atom. The van der Waals surface area contributed by atoms with Gasteiger partial charge in [-0.1, -0.05) is 27.7 Å². The maximum absolute atomic E-state index is 4.31. The van der Waals surface area contributed by atoms with Gasteiger partial charge in [-0.2, -0.15) is 18.9 Å². The molecule has 80 valence electrons. The summed E-state index contributed by atoms with van der Waals surface area (Å²) in [4.78, 5) is 0. The minimum atomic E-state index is 0.338. The summed E-state index contributed by atoms with van der Waals surface area (Å²) >= 11 is 1.24. The molecule has 4 nitrogen and oxygen atoms in total. The Labute approximate surface area is 93.1 Å². The zero-order chi connectivity index (χ0) is 11.0. The molecule has 0 spiro atoms. The summed E-state index contributed by atoms with van der Waals surface area (Å²) in [6.45, 7) is 8.38. The van der Waals surface area contributed by atoms with Gasteiger partial charge >= 0.3 is 0 Å². The van der Waals surface area contributed by atoms with Crippen LogP contribution in [-0.4, -0.2) is 18.9 Å². The van der Waals surface area contributed by atoms with Crippen molar-refractivity contribution in [3.8, 4) is 0 Å². The van der Waals surface area contributed by atoms with Gasteiger partial charge in [0.05, 0.1) is 23.1 Å². The van der Waals surface area contributed by atoms with Crippen LogP contribution in [0.25, 0.3) is 11.0 Å². The standard InChI is InChI=1S/C10H14N4S/c1-5(2)7-9-10(14-15-13-9)8(6(3)4)12-11-7/h5-6H,1-4H3. The zero-order valence-electron chi connectivity index (χ0n) is 9.35. The van der Waals surface area contributed by atoms with E-state index in [0.29, 0.717) is 11.8 Å². The second-order valence-corrected chi connectivity index (χ2v) is 4.77. The van der Waals surface area contributed by atoms with Crippen LogP contribution in [0.1, 0.15) is 50.9 Å². The Kier molecular flexibility index (Phi) is 2.65. The summed E-state index contributed by atoms with van der Waals surface area (Å²) in [5.74, 6) is 0.676. The van der Waals surface area contributed by atoms with E-state index in [9.17, 15) is 0 Å². The van der Waals surface area contributed by atoms with Crippen LogP contribution in [0.3, 0.4) is 0 Å². The molecule has 5 heteroatoms. The number of rotatable bonds is 2. The Bertz CT molecular complexity index is 433. The second kappa shape index (κ2) is 3.81. The lowest BCUT2D eigenvalue weighted by Gasteiger charge is -2.07. The maximum atomic E-state index is 4.31. The van der Waals surface area contributed by atoms with E-state index in [0.717, 1.165) is 22.4 Å². The molecule has 0 amide bonds. The molecule has 2 heterocycles. The SMILES string of the molecule is CC(C)c1nnc(C(C)C)c2nsnc12. The maximum Gasteiger partial charge on any atom is 0.130 e. The summed E-state index contributed by atoms with van der Waals surface area (Å²) in [7, 11) is 0. The predicted octanol–water partition coefficient (Wildman–Crippen LogP) is 2.73. The van der Waals surface area contributed by atoms with E-state index >= 15 is 0 Å². The highest BCUT2D eigenvalue weighted by atomic mass is 32.1. The van der Waals surface area contributed by atoms with Crippen LogP contribution in [0.5, 0.6) is 0 Å². The van der Waals surface area contributed by atoms with E-state index in [2.05, 4.69) is 46.6 Å². The highest BCUT2D eigenvalue weighted by Crippen LogP contribution is 2.26. The molecule has 0 unspecified atom stereocenters. The van der Waals surface area contributed by atoms with Crippen LogP contribution < -0.4 is 0 Å². The van der Waals surface area contributed by atoms with Gasteiger partial charge < -0.3 is 0 Å². The summed E-state index contributed by atoms with van der Waals surface area (Å²) in [6.07, 6.45) is 0. The quantitative estimate of drug-likeness (QED) is 0.784. The van der Waals surface area contributed by atoms with Gasteiger partial charge in [-0.15, -0.1) is 0 Å². The molecule has 0 aromatic carbocycles. The monoisotopic (exact) mass is 222 g/mol. The number of hydrogen-bond donors (Lipinski definition) is 0. The molecule has 0 fully saturated rings. The predicted molar refractivity (Wildman–Crippen MR) is 61.2 cm³/mol. The topological polar surface area (TPSA) is 51.6 Å². The fourth-order valence-corrected chi connectivity index (χ4v) is 2.07. The third-order valence-corrected chi connectivity index (χ3v) is 2.86. The van der Waals surface area contributed by atoms with Crippen molar-refractivity contribution < 1.29 is 0 Å². The first-order valence-corrected chi connectivity index (χ1v) is 5.83. The lowest BCUT2D eigenvalue weighted by atomic mass is 10.1. The van der Waals surface area contributed by atoms with Crippen LogP contribution in [-0.2, 0) is 0 Å². The highest BCUT2D eigenvalue weighted by Gasteiger charge is 2.17. The smallest absolute Gasteiger partial charge is 0.130 e. The number of aromatic nitrogens is 4. The van der Waals surface area contributed by atoms with Gasteiger partial charge in [0.2, 0.25) is 0 Å². The molecule has 2 aromatic heterocycles. The van der Waals surface area contributed by atoms with Gasteiger partial charge in [0.15, 0.2) is 0 Å². The van der Waals surface area contributed by atoms with Crippen molar-refractivity contribution in [3.63, 3.8) is 0 Å². The van der Waals surface area contributed by atoms with Crippen molar-refractivity contribution >= 4 is 22.8 Å². The molecule has 0 aliphatic rings. The van der Waals surface area contributed by atoms with E-state index in [1.54, 1.807) is 0 Å². The summed E-state index contributed by atoms with van der Waals surface area (Å²) in [6, 6.07) is 0. The van der Waals surface area contributed by atoms with E-state index in [1.165, 1.54) is 11.7 Å². The third-order valence-electron chi connectivity index (χ3n) is 2.33. The summed E-state index contributed by atoms with van der Waals surface area (Å²) in [5.41, 5.74) is 3.74. The molecule has 2 rings (SSSR count). The normalized spacial score (nSPS) is 11.9. The van der Waals surface area contributed by atoms with Crippen LogP contribution >= 0.6 is 11.7 Å². The molecule has 2 aromatic rings. The second-order valence-electron chi connectivity index (χ2n) is 4.24. The molecule has 0 saturated carbocycles. The Morgan fingerprint density at radius 1 is 0.800 bits per heavy atom. The first kappa shape index (κ1) is 10.4. The molecule has 0 aliphatic heterocycles. The van der Waals surface area contributed by atoms with Crippen molar-refractivity contribution in [3.05, 3.63) is 11.4 Å². The van der Waals surface area contributed by atoms with E-state index in [1.807, 2.05) is 0 Å². The molecule has 0 aliphatic carbocycles. The molecule has 0 radical (unpaired) electrons. The average molecular weight is 222 g/mol. The van der Waals surface area contributed by atoms with Crippen LogP contribution in [0, 0.1) is 0 Å². The summed E-state index contributed by atoms with van der Waals surface area (Å²) < 4.78 is 8.62. The minimum absolute atomic E-state index is 0.338. The van der Waals surface area contributed by atoms with Gasteiger partial charge in [-0.25, -0.2) is 0 Å². The third kappa shape index (κ3) is 1.71. The van der Waals surface area contributed by atoms with Gasteiger partial charge in [0, 0.05) is 0 Å². The van der Waals surface area contributed by atoms with E-state index in [-0.39, 0.29) is 0 Å². The number of fused-ring (bicyclic) bond motifs is 1. The van der Waals surface area contributed by atoms with Crippen molar-refractivity contribution in [2.75, 3.05) is 0 Å². The highest BCUT2D eigenvalue weighted by molar-refractivity contribution is 7.00. The number of nitrogens with zero attached hydrogens (tertiary/aromatic N) is 4. The van der Waals surface area contributed by atoms with Crippen molar-refractivity contribution in [2.45, 2.75) is 39.5 Å². The molecule has 15 heavy (non-hydrogen) atoms. The molecule has 0 saturated heterocycles. The Hall–Kier alpha value is -1.10. The summed E-state index contributed by atoms with van der Waals surface area (Å²) in [5, 5.41) is 8.51. The Balaban J connectivity index is 2.71. The fourth-order valence-electron chi connectivity index (χ4n) is 1.50. The molecule has 0 N–H and O–H groups in total. The largest absolute Gasteiger partial charge is 0.171 e. The van der Waals surface area contributed by atoms with E-state index < -0.39 is 0 Å². The lowest BCUT2D eigenvalue weighted by Crippen LogP contribution is -2.03. The van der Waals surface area contributed by atoms with Gasteiger partial charge in [-0.05, 0) is 11.8 Å². The zero-order valence-corrected chi connectivity index (χ0v) is 10.2. The molecule has 0 bridgehead atoms. The molecular weight excluding hydrogens is 208 g/mol. The van der Waals surface area contributed by atoms with Gasteiger partial charge in [0.25, 0.3) is 0 Å². The lowest BCUT2D eigenvalue weighted by molar-refractivity contribution is 0.747. The van der Waals surface area contributed by atoms with Gasteiger partial charge in [-0.3, -0.25) is 0 Å². The van der Waals surface area contributed by atoms with E-state index in [4.69, 9.17) is 0 Å². The number of hydrogen-bond acceptors (Lipinski definition) is 5. The average Bonchev–Trinajstić information content (AvgIpc) is 2.63. The fraction of sp³-hybridized carbons (Fsp3) is 0.600. The van der Waals surface area contributed by atoms with Gasteiger partial charge in [0.1, 0.15) is 11.0 Å². The Morgan fingerprint density at radius 2 is 1.20 bits per heavy atom. The van der Waals surface area contributed by atoms with Crippen LogP contribution in [0.4, 0.5) is 0 Å². The van der Waals surface area contributed by atoms with Crippen molar-refractivity contribution in [1.82, 2.24) is 18.9 Å². The van der Waals surface area contributed by atoms with Crippen molar-refractivity contribution in [2.24, 2.45) is 0 Å². The van der Waals surface area contributed by atoms with Crippen molar-refractivity contribution in [1.29, 1.82) is 0 Å². The first-order valence-electron chi connectivity index (χ1n) is 5.10. The van der Waals surface area contributed by atoms with Crippen LogP contribution in [0.2, 0.25) is 0 Å². The minimum Gasteiger partial charge on any atom is -0.171 e. The molecule has 0 atom stereocenters. The first-order chi connectivity index (χ1) is 7.11. The van der Waals surface area contributed by atoms with Crippen LogP contribution in [0.15, 0.2) is 0 Å². The molecular formula is C10H14N4S.